The predicted octanol–water partition coefficient (Wildman–Crippen LogP) is 0.398. The summed E-state index contributed by atoms with van der Waals surface area (Å²) in [5, 5.41) is 15.1. The Hall–Kier alpha value is -1.56. The molecule has 78 valence electrons. The molecule has 0 bridgehead atoms. The number of nitrogens with zero attached hydrogens (tertiary/aromatic N) is 4. The molecule has 0 saturated carbocycles. The number of hydrogen-bond acceptors (Lipinski definition) is 6. The topological polar surface area (TPSA) is 76.7 Å². The number of aryl methyl sites for hydroxylation is 1. The number of rotatable bonds is 1. The second-order valence-corrected chi connectivity index (χ2v) is 3.77. The highest BCUT2D eigenvalue weighted by Crippen LogP contribution is 2.26. The van der Waals surface area contributed by atoms with Gasteiger partial charge in [0, 0.05) is 12.5 Å². The van der Waals surface area contributed by atoms with Crippen molar-refractivity contribution in [3.05, 3.63) is 11.5 Å². The SMILES string of the molecule is Cc1nnc2onc(C3CCNC3)c2n1. The molecule has 15 heavy (non-hydrogen) atoms. The van der Waals surface area contributed by atoms with Crippen molar-refractivity contribution in [2.75, 3.05) is 13.1 Å². The Bertz CT molecular complexity index is 488. The molecule has 2 aromatic rings. The van der Waals surface area contributed by atoms with Gasteiger partial charge in [-0.05, 0) is 19.9 Å². The molecule has 3 heterocycles. The van der Waals surface area contributed by atoms with Gasteiger partial charge in [0.05, 0.1) is 0 Å². The lowest BCUT2D eigenvalue weighted by atomic mass is 10.0. The average Bonchev–Trinajstić information content (AvgIpc) is 2.83. The zero-order chi connectivity index (χ0) is 10.3. The molecule has 1 unspecified atom stereocenters. The highest BCUT2D eigenvalue weighted by molar-refractivity contribution is 5.70. The lowest BCUT2D eigenvalue weighted by Crippen LogP contribution is -2.08. The van der Waals surface area contributed by atoms with Crippen molar-refractivity contribution < 1.29 is 4.52 Å². The van der Waals surface area contributed by atoms with Crippen LogP contribution in [0.1, 0.15) is 23.9 Å². The van der Waals surface area contributed by atoms with Crippen LogP contribution in [0.3, 0.4) is 0 Å². The molecule has 1 N–H and O–H groups in total. The summed E-state index contributed by atoms with van der Waals surface area (Å²) >= 11 is 0. The number of hydrogen-bond donors (Lipinski definition) is 1. The molecule has 0 radical (unpaired) electrons. The molecule has 3 rings (SSSR count). The van der Waals surface area contributed by atoms with E-state index in [0.717, 1.165) is 30.7 Å². The van der Waals surface area contributed by atoms with E-state index < -0.39 is 0 Å². The minimum absolute atomic E-state index is 0.391. The van der Waals surface area contributed by atoms with Crippen LogP contribution in [0.2, 0.25) is 0 Å². The third-order valence-electron chi connectivity index (χ3n) is 2.68. The molecular weight excluding hydrogens is 194 g/mol. The molecule has 0 spiro atoms. The second kappa shape index (κ2) is 3.23. The summed E-state index contributed by atoms with van der Waals surface area (Å²) in [7, 11) is 0. The van der Waals surface area contributed by atoms with Crippen LogP contribution in [0.4, 0.5) is 0 Å². The van der Waals surface area contributed by atoms with Crippen molar-refractivity contribution in [3.63, 3.8) is 0 Å². The molecule has 6 nitrogen and oxygen atoms in total. The van der Waals surface area contributed by atoms with Gasteiger partial charge in [0.2, 0.25) is 0 Å². The van der Waals surface area contributed by atoms with E-state index in [0.29, 0.717) is 17.5 Å². The summed E-state index contributed by atoms with van der Waals surface area (Å²) in [5.74, 6) is 1.04. The molecule has 1 aliphatic heterocycles. The van der Waals surface area contributed by atoms with Crippen LogP contribution in [0.5, 0.6) is 0 Å². The van der Waals surface area contributed by atoms with Gasteiger partial charge in [-0.25, -0.2) is 4.98 Å². The smallest absolute Gasteiger partial charge is 0.295 e. The Morgan fingerprint density at radius 3 is 3.13 bits per heavy atom. The Balaban J connectivity index is 2.13. The lowest BCUT2D eigenvalue weighted by molar-refractivity contribution is 0.429. The van der Waals surface area contributed by atoms with Crippen LogP contribution in [0, 0.1) is 6.92 Å². The number of nitrogens with one attached hydrogen (secondary N) is 1. The van der Waals surface area contributed by atoms with Crippen molar-refractivity contribution in [2.45, 2.75) is 19.3 Å². The second-order valence-electron chi connectivity index (χ2n) is 3.77. The van der Waals surface area contributed by atoms with Gasteiger partial charge in [-0.1, -0.05) is 5.16 Å². The molecule has 1 saturated heterocycles. The summed E-state index contributed by atoms with van der Waals surface area (Å²) in [6, 6.07) is 0. The van der Waals surface area contributed by atoms with Gasteiger partial charge in [0.25, 0.3) is 5.71 Å². The minimum atomic E-state index is 0.391. The normalized spacial score (nSPS) is 21.3. The summed E-state index contributed by atoms with van der Waals surface area (Å²) in [6.45, 7) is 3.78. The third kappa shape index (κ3) is 1.37. The van der Waals surface area contributed by atoms with Crippen LogP contribution < -0.4 is 5.32 Å². The van der Waals surface area contributed by atoms with Gasteiger partial charge in [-0.2, -0.15) is 0 Å². The van der Waals surface area contributed by atoms with Crippen LogP contribution in [0.25, 0.3) is 11.2 Å². The summed E-state index contributed by atoms with van der Waals surface area (Å²) in [4.78, 5) is 4.32. The van der Waals surface area contributed by atoms with Crippen molar-refractivity contribution >= 4 is 11.2 Å². The molecule has 1 atom stereocenters. The Kier molecular flexibility index (Phi) is 1.88. The van der Waals surface area contributed by atoms with Gasteiger partial charge in [-0.3, -0.25) is 0 Å². The van der Waals surface area contributed by atoms with Gasteiger partial charge >= 0.3 is 0 Å². The first-order valence-corrected chi connectivity index (χ1v) is 5.02. The Morgan fingerprint density at radius 1 is 1.40 bits per heavy atom. The van der Waals surface area contributed by atoms with E-state index in [2.05, 4.69) is 25.7 Å². The van der Waals surface area contributed by atoms with E-state index >= 15 is 0 Å². The average molecular weight is 205 g/mol. The van der Waals surface area contributed by atoms with Gasteiger partial charge in [-0.15, -0.1) is 10.2 Å². The first-order valence-electron chi connectivity index (χ1n) is 5.02. The van der Waals surface area contributed by atoms with Gasteiger partial charge in [0.1, 0.15) is 11.5 Å². The highest BCUT2D eigenvalue weighted by Gasteiger charge is 2.24. The zero-order valence-corrected chi connectivity index (χ0v) is 8.40. The molecule has 0 amide bonds. The van der Waals surface area contributed by atoms with Crippen LogP contribution >= 0.6 is 0 Å². The largest absolute Gasteiger partial charge is 0.332 e. The van der Waals surface area contributed by atoms with Gasteiger partial charge in [0.15, 0.2) is 5.52 Å². The van der Waals surface area contributed by atoms with E-state index in [1.54, 1.807) is 0 Å². The third-order valence-corrected chi connectivity index (χ3v) is 2.68. The van der Waals surface area contributed by atoms with Gasteiger partial charge < -0.3 is 9.84 Å². The fraction of sp³-hybridized carbons (Fsp3) is 0.556. The summed E-state index contributed by atoms with van der Waals surface area (Å²) in [5.41, 5.74) is 2.10. The molecule has 1 fully saturated rings. The maximum atomic E-state index is 5.10. The number of fused-ring (bicyclic) bond motifs is 1. The van der Waals surface area contributed by atoms with Crippen molar-refractivity contribution in [1.82, 2.24) is 25.7 Å². The molecule has 1 aliphatic rings. The van der Waals surface area contributed by atoms with E-state index in [9.17, 15) is 0 Å². The van der Waals surface area contributed by atoms with E-state index in [4.69, 9.17) is 4.52 Å². The van der Waals surface area contributed by atoms with Crippen LogP contribution in [-0.2, 0) is 0 Å². The fourth-order valence-corrected chi connectivity index (χ4v) is 1.92. The molecule has 2 aromatic heterocycles. The molecular formula is C9H11N5O. The summed E-state index contributed by atoms with van der Waals surface area (Å²) in [6.07, 6.45) is 1.07. The highest BCUT2D eigenvalue weighted by atomic mass is 16.5. The quantitative estimate of drug-likeness (QED) is 0.726. The first-order chi connectivity index (χ1) is 7.34. The van der Waals surface area contributed by atoms with Crippen molar-refractivity contribution in [1.29, 1.82) is 0 Å². The zero-order valence-electron chi connectivity index (χ0n) is 8.40. The lowest BCUT2D eigenvalue weighted by Gasteiger charge is -2.01. The van der Waals surface area contributed by atoms with Crippen LogP contribution in [0.15, 0.2) is 4.52 Å². The minimum Gasteiger partial charge on any atom is -0.332 e. The predicted molar refractivity (Wildman–Crippen MR) is 52.4 cm³/mol. The van der Waals surface area contributed by atoms with E-state index in [1.165, 1.54) is 0 Å². The fourth-order valence-electron chi connectivity index (χ4n) is 1.92. The molecule has 6 heteroatoms. The Labute approximate surface area is 86.1 Å². The van der Waals surface area contributed by atoms with Crippen molar-refractivity contribution in [2.24, 2.45) is 0 Å². The maximum Gasteiger partial charge on any atom is 0.295 e. The summed E-state index contributed by atoms with van der Waals surface area (Å²) < 4.78 is 5.10. The monoisotopic (exact) mass is 205 g/mol. The van der Waals surface area contributed by atoms with E-state index in [-0.39, 0.29) is 0 Å². The Morgan fingerprint density at radius 2 is 2.33 bits per heavy atom. The number of aromatic nitrogens is 4. The standard InChI is InChI=1S/C9H11N5O/c1-5-11-8-7(6-2-3-10-4-6)14-15-9(8)13-12-5/h6,10H,2-4H2,1H3. The first kappa shape index (κ1) is 8.72. The van der Waals surface area contributed by atoms with Crippen LogP contribution in [-0.4, -0.2) is 33.4 Å². The van der Waals surface area contributed by atoms with Crippen molar-refractivity contribution in [3.8, 4) is 0 Å². The van der Waals surface area contributed by atoms with E-state index in [1.807, 2.05) is 6.92 Å². The molecule has 0 aliphatic carbocycles. The molecule has 0 aromatic carbocycles. The maximum absolute atomic E-state index is 5.10.